The third-order valence-corrected chi connectivity index (χ3v) is 2.99. The maximum atomic E-state index is 5.86. The number of hydrogen-bond donors (Lipinski definition) is 2. The molecule has 4 nitrogen and oxygen atoms in total. The highest BCUT2D eigenvalue weighted by Gasteiger charge is 2.11. The van der Waals surface area contributed by atoms with Crippen LogP contribution < -0.4 is 16.2 Å². The van der Waals surface area contributed by atoms with E-state index >= 15 is 0 Å². The first kappa shape index (κ1) is 15.0. The van der Waals surface area contributed by atoms with Gasteiger partial charge in [-0.25, -0.2) is 0 Å². The topological polar surface area (TPSA) is 64.5 Å². The molecule has 1 aromatic rings. The highest BCUT2D eigenvalue weighted by Crippen LogP contribution is 2.25. The van der Waals surface area contributed by atoms with Gasteiger partial charge in [-0.1, -0.05) is 17.7 Å². The van der Waals surface area contributed by atoms with Crippen LogP contribution in [0.1, 0.15) is 16.7 Å². The second-order valence-electron chi connectivity index (χ2n) is 4.97. The summed E-state index contributed by atoms with van der Waals surface area (Å²) in [5.74, 6) is 0.966. The summed E-state index contributed by atoms with van der Waals surface area (Å²) in [5, 5.41) is 0. The van der Waals surface area contributed by atoms with Gasteiger partial charge in [-0.15, -0.1) is 0 Å². The first-order valence-corrected chi connectivity index (χ1v) is 6.26. The number of ether oxygens (including phenoxy) is 1. The second-order valence-corrected chi connectivity index (χ2v) is 4.97. The summed E-state index contributed by atoms with van der Waals surface area (Å²) < 4.78 is 5.48. The van der Waals surface area contributed by atoms with Crippen molar-refractivity contribution in [3.8, 4) is 5.75 Å². The van der Waals surface area contributed by atoms with Crippen LogP contribution in [0.2, 0.25) is 0 Å². The van der Waals surface area contributed by atoms with Crippen molar-refractivity contribution in [3.05, 3.63) is 28.8 Å². The molecule has 0 spiro atoms. The van der Waals surface area contributed by atoms with Gasteiger partial charge in [0.15, 0.2) is 0 Å². The Hall–Kier alpha value is -1.10. The van der Waals surface area contributed by atoms with Gasteiger partial charge in [0.2, 0.25) is 0 Å². The molecule has 1 rings (SSSR count). The van der Waals surface area contributed by atoms with E-state index in [1.807, 2.05) is 7.05 Å². The molecule has 1 atom stereocenters. The Balaban J connectivity index is 2.83. The van der Waals surface area contributed by atoms with Gasteiger partial charge in [0.05, 0.1) is 7.11 Å². The summed E-state index contributed by atoms with van der Waals surface area (Å²) in [6.45, 7) is 6.28. The first-order chi connectivity index (χ1) is 8.47. The first-order valence-electron chi connectivity index (χ1n) is 6.26. The van der Waals surface area contributed by atoms with E-state index in [4.69, 9.17) is 16.2 Å². The molecule has 4 heteroatoms. The highest BCUT2D eigenvalue weighted by molar-refractivity contribution is 5.43. The molecule has 0 saturated heterocycles. The van der Waals surface area contributed by atoms with Gasteiger partial charge in [-0.2, -0.15) is 0 Å². The number of hydrogen-bond acceptors (Lipinski definition) is 4. The minimum absolute atomic E-state index is 0.0203. The normalized spacial score (nSPS) is 12.8. The van der Waals surface area contributed by atoms with Gasteiger partial charge in [0, 0.05) is 31.2 Å². The Kier molecular flexibility index (Phi) is 5.59. The lowest BCUT2D eigenvalue weighted by Crippen LogP contribution is -2.40. The number of benzene rings is 1. The summed E-state index contributed by atoms with van der Waals surface area (Å²) in [5.41, 5.74) is 15.0. The fourth-order valence-corrected chi connectivity index (χ4v) is 2.28. The average Bonchev–Trinajstić information content (AvgIpc) is 2.28. The van der Waals surface area contributed by atoms with Crippen LogP contribution in [0.4, 0.5) is 0 Å². The molecule has 0 fully saturated rings. The van der Waals surface area contributed by atoms with Gasteiger partial charge < -0.3 is 21.1 Å². The maximum Gasteiger partial charge on any atom is 0.126 e. The van der Waals surface area contributed by atoms with Gasteiger partial charge >= 0.3 is 0 Å². The standard InChI is InChI=1S/C14H25N3O/c1-10-5-11(2)14(18-4)12(6-10)8-17(3)9-13(16)7-15/h5-6,13H,7-9,15-16H2,1-4H3. The van der Waals surface area contributed by atoms with Gasteiger partial charge in [0.1, 0.15) is 5.75 Å². The molecule has 0 aliphatic rings. The summed E-state index contributed by atoms with van der Waals surface area (Å²) in [6, 6.07) is 4.32. The van der Waals surface area contributed by atoms with Crippen molar-refractivity contribution in [2.75, 3.05) is 27.2 Å². The largest absolute Gasteiger partial charge is 0.496 e. The Bertz CT molecular complexity index is 393. The third-order valence-electron chi connectivity index (χ3n) is 2.99. The van der Waals surface area contributed by atoms with Crippen LogP contribution in [0.3, 0.4) is 0 Å². The SMILES string of the molecule is COc1c(C)cc(C)cc1CN(C)CC(N)CN. The number of rotatable bonds is 6. The molecule has 18 heavy (non-hydrogen) atoms. The van der Waals surface area contributed by atoms with Crippen LogP contribution in [-0.2, 0) is 6.54 Å². The summed E-state index contributed by atoms with van der Waals surface area (Å²) in [4.78, 5) is 2.17. The van der Waals surface area contributed by atoms with Gasteiger partial charge in [0.25, 0.3) is 0 Å². The minimum Gasteiger partial charge on any atom is -0.496 e. The van der Waals surface area contributed by atoms with Crippen molar-refractivity contribution in [1.82, 2.24) is 4.90 Å². The highest BCUT2D eigenvalue weighted by atomic mass is 16.5. The van der Waals surface area contributed by atoms with Crippen molar-refractivity contribution >= 4 is 0 Å². The number of methoxy groups -OCH3 is 1. The molecular formula is C14H25N3O. The maximum absolute atomic E-state index is 5.86. The van der Waals surface area contributed by atoms with E-state index in [-0.39, 0.29) is 6.04 Å². The lowest BCUT2D eigenvalue weighted by molar-refractivity contribution is 0.298. The van der Waals surface area contributed by atoms with Crippen LogP contribution in [0.15, 0.2) is 12.1 Å². The van der Waals surface area contributed by atoms with Crippen LogP contribution in [0, 0.1) is 13.8 Å². The zero-order valence-electron chi connectivity index (χ0n) is 11.9. The van der Waals surface area contributed by atoms with E-state index in [1.165, 1.54) is 16.7 Å². The molecule has 0 heterocycles. The van der Waals surface area contributed by atoms with Crippen LogP contribution >= 0.6 is 0 Å². The molecule has 1 unspecified atom stereocenters. The lowest BCUT2D eigenvalue weighted by atomic mass is 10.0. The Labute approximate surface area is 110 Å². The van der Waals surface area contributed by atoms with E-state index in [9.17, 15) is 0 Å². The fraction of sp³-hybridized carbons (Fsp3) is 0.571. The molecule has 0 aliphatic heterocycles. The van der Waals surface area contributed by atoms with E-state index in [1.54, 1.807) is 7.11 Å². The summed E-state index contributed by atoms with van der Waals surface area (Å²) >= 11 is 0. The van der Waals surface area contributed by atoms with Gasteiger partial charge in [-0.3, -0.25) is 0 Å². The monoisotopic (exact) mass is 251 g/mol. The Morgan fingerprint density at radius 2 is 2.00 bits per heavy atom. The molecule has 102 valence electrons. The lowest BCUT2D eigenvalue weighted by Gasteiger charge is -2.22. The molecule has 0 saturated carbocycles. The zero-order valence-corrected chi connectivity index (χ0v) is 11.9. The Morgan fingerprint density at radius 3 is 2.56 bits per heavy atom. The van der Waals surface area contributed by atoms with Crippen molar-refractivity contribution in [1.29, 1.82) is 0 Å². The van der Waals surface area contributed by atoms with Crippen LogP contribution in [-0.4, -0.2) is 38.2 Å². The predicted octanol–water partition coefficient (Wildman–Crippen LogP) is 1.03. The summed E-state index contributed by atoms with van der Waals surface area (Å²) in [7, 11) is 3.76. The average molecular weight is 251 g/mol. The summed E-state index contributed by atoms with van der Waals surface area (Å²) in [6.07, 6.45) is 0. The third kappa shape index (κ3) is 3.98. The minimum atomic E-state index is 0.0203. The van der Waals surface area contributed by atoms with Crippen molar-refractivity contribution in [2.24, 2.45) is 11.5 Å². The predicted molar refractivity (Wildman–Crippen MR) is 75.8 cm³/mol. The molecule has 0 aromatic heterocycles. The number of aryl methyl sites for hydroxylation is 2. The van der Waals surface area contributed by atoms with Crippen LogP contribution in [0.25, 0.3) is 0 Å². The fourth-order valence-electron chi connectivity index (χ4n) is 2.28. The molecular weight excluding hydrogens is 226 g/mol. The van der Waals surface area contributed by atoms with Crippen LogP contribution in [0.5, 0.6) is 5.75 Å². The van der Waals surface area contributed by atoms with Crippen molar-refractivity contribution in [3.63, 3.8) is 0 Å². The quantitative estimate of drug-likeness (QED) is 0.792. The van der Waals surface area contributed by atoms with Crippen molar-refractivity contribution < 1.29 is 4.74 Å². The van der Waals surface area contributed by atoms with Gasteiger partial charge in [-0.05, 0) is 26.5 Å². The molecule has 0 bridgehead atoms. The van der Waals surface area contributed by atoms with E-state index < -0.39 is 0 Å². The molecule has 0 radical (unpaired) electrons. The number of nitrogens with two attached hydrogens (primary N) is 2. The molecule has 1 aromatic carbocycles. The van der Waals surface area contributed by atoms with E-state index in [2.05, 4.69) is 30.9 Å². The number of likely N-dealkylation sites (N-methyl/N-ethyl adjacent to an activating group) is 1. The smallest absolute Gasteiger partial charge is 0.126 e. The zero-order chi connectivity index (χ0) is 13.7. The molecule has 4 N–H and O–H groups in total. The number of nitrogens with zero attached hydrogens (tertiary/aromatic N) is 1. The molecule has 0 aliphatic carbocycles. The van der Waals surface area contributed by atoms with E-state index in [0.717, 1.165) is 18.8 Å². The Morgan fingerprint density at radius 1 is 1.33 bits per heavy atom. The second kappa shape index (κ2) is 6.73. The van der Waals surface area contributed by atoms with E-state index in [0.29, 0.717) is 6.54 Å². The van der Waals surface area contributed by atoms with Crippen molar-refractivity contribution in [2.45, 2.75) is 26.4 Å². The molecule has 0 amide bonds.